The van der Waals surface area contributed by atoms with Crippen molar-refractivity contribution in [1.29, 1.82) is 0 Å². The molecule has 3 rings (SSSR count). The van der Waals surface area contributed by atoms with Crippen LogP contribution in [0, 0.1) is 0 Å². The Balaban J connectivity index is 1.91. The number of carbonyl (C=O) groups excluding carboxylic acids is 2. The number of methoxy groups -OCH3 is 1. The number of amides is 2. The number of hydrogen-bond donors (Lipinski definition) is 0. The molecule has 0 N–H and O–H groups in total. The second-order valence-electron chi connectivity index (χ2n) is 7.27. The predicted molar refractivity (Wildman–Crippen MR) is 111 cm³/mol. The number of ether oxygens (including phenoxy) is 2. The molecule has 1 aromatic carbocycles. The molecule has 1 fully saturated rings. The van der Waals surface area contributed by atoms with Crippen molar-refractivity contribution in [1.82, 2.24) is 14.7 Å². The van der Waals surface area contributed by atoms with E-state index in [4.69, 9.17) is 9.47 Å². The fraction of sp³-hybridized carbons (Fsp3) is 0.545. The minimum Gasteiger partial charge on any atom is -0.494 e. The second kappa shape index (κ2) is 9.89. The van der Waals surface area contributed by atoms with Crippen LogP contribution >= 0.6 is 0 Å². The molecule has 0 spiro atoms. The normalized spacial score (nSPS) is 18.2. The molecule has 0 atom stereocenters. The molecule has 0 radical (unpaired) electrons. The highest BCUT2D eigenvalue weighted by atomic mass is 16.5. The summed E-state index contributed by atoms with van der Waals surface area (Å²) in [5, 5.41) is 0. The molecule has 2 aliphatic heterocycles. The van der Waals surface area contributed by atoms with E-state index in [1.54, 1.807) is 7.11 Å². The molecule has 0 saturated carbocycles. The lowest BCUT2D eigenvalue weighted by atomic mass is 10.0. The molecule has 158 valence electrons. The SMILES string of the molecule is CCCOc1ccc(C2=C(N3CCN(CC)CC3)C(=O)N(CCOC)C2=O)cc1. The Morgan fingerprint density at radius 1 is 0.931 bits per heavy atom. The van der Waals surface area contributed by atoms with Gasteiger partial charge in [0.05, 0.1) is 25.3 Å². The molecular weight excluding hydrogens is 370 g/mol. The van der Waals surface area contributed by atoms with E-state index in [0.717, 1.165) is 50.5 Å². The van der Waals surface area contributed by atoms with Crippen molar-refractivity contribution in [2.24, 2.45) is 0 Å². The summed E-state index contributed by atoms with van der Waals surface area (Å²) >= 11 is 0. The van der Waals surface area contributed by atoms with Crippen molar-refractivity contribution in [3.8, 4) is 5.75 Å². The van der Waals surface area contributed by atoms with Crippen molar-refractivity contribution in [3.05, 3.63) is 35.5 Å². The number of likely N-dealkylation sites (N-methyl/N-ethyl adjacent to an activating group) is 1. The Kier molecular flexibility index (Phi) is 7.28. The highest BCUT2D eigenvalue weighted by Gasteiger charge is 2.41. The summed E-state index contributed by atoms with van der Waals surface area (Å²) in [6.45, 7) is 9.67. The first-order chi connectivity index (χ1) is 14.1. The zero-order chi connectivity index (χ0) is 20.8. The Bertz CT molecular complexity index is 752. The minimum absolute atomic E-state index is 0.224. The third-order valence-corrected chi connectivity index (χ3v) is 5.41. The van der Waals surface area contributed by atoms with Gasteiger partial charge in [0.25, 0.3) is 11.8 Å². The molecular formula is C22H31N3O4. The van der Waals surface area contributed by atoms with Crippen LogP contribution in [0.15, 0.2) is 30.0 Å². The third-order valence-electron chi connectivity index (χ3n) is 5.41. The lowest BCUT2D eigenvalue weighted by Gasteiger charge is -2.36. The van der Waals surface area contributed by atoms with Gasteiger partial charge >= 0.3 is 0 Å². The zero-order valence-electron chi connectivity index (χ0n) is 17.6. The molecule has 2 heterocycles. The molecule has 0 unspecified atom stereocenters. The van der Waals surface area contributed by atoms with Crippen molar-refractivity contribution < 1.29 is 19.1 Å². The Labute approximate surface area is 172 Å². The van der Waals surface area contributed by atoms with Crippen molar-refractivity contribution >= 4 is 17.4 Å². The predicted octanol–water partition coefficient (Wildman–Crippen LogP) is 1.84. The number of piperazine rings is 1. The second-order valence-corrected chi connectivity index (χ2v) is 7.27. The summed E-state index contributed by atoms with van der Waals surface area (Å²) < 4.78 is 10.8. The zero-order valence-corrected chi connectivity index (χ0v) is 17.6. The topological polar surface area (TPSA) is 62.3 Å². The first-order valence-corrected chi connectivity index (χ1v) is 10.4. The molecule has 7 nitrogen and oxygen atoms in total. The summed E-state index contributed by atoms with van der Waals surface area (Å²) in [4.78, 5) is 32.1. The van der Waals surface area contributed by atoms with Gasteiger partial charge in [0.2, 0.25) is 0 Å². The van der Waals surface area contributed by atoms with E-state index in [2.05, 4.69) is 23.6 Å². The highest BCUT2D eigenvalue weighted by Crippen LogP contribution is 2.33. The molecule has 7 heteroatoms. The van der Waals surface area contributed by atoms with Crippen LogP contribution in [0.3, 0.4) is 0 Å². The quantitative estimate of drug-likeness (QED) is 0.589. The van der Waals surface area contributed by atoms with Crippen molar-refractivity contribution in [3.63, 3.8) is 0 Å². The third kappa shape index (κ3) is 4.62. The molecule has 1 saturated heterocycles. The first kappa shape index (κ1) is 21.3. The van der Waals surface area contributed by atoms with E-state index in [-0.39, 0.29) is 18.4 Å². The maximum Gasteiger partial charge on any atom is 0.277 e. The molecule has 1 aromatic rings. The van der Waals surface area contributed by atoms with Gasteiger partial charge in [-0.25, -0.2) is 0 Å². The monoisotopic (exact) mass is 401 g/mol. The van der Waals surface area contributed by atoms with Crippen LogP contribution < -0.4 is 4.74 Å². The Morgan fingerprint density at radius 3 is 2.21 bits per heavy atom. The minimum atomic E-state index is -0.248. The average molecular weight is 402 g/mol. The molecule has 0 aromatic heterocycles. The maximum atomic E-state index is 13.2. The van der Waals surface area contributed by atoms with E-state index in [1.807, 2.05) is 24.3 Å². The van der Waals surface area contributed by atoms with Crippen LogP contribution in [0.25, 0.3) is 5.57 Å². The number of benzene rings is 1. The number of nitrogens with zero attached hydrogens (tertiary/aromatic N) is 3. The van der Waals surface area contributed by atoms with Crippen LogP contribution in [0.5, 0.6) is 5.75 Å². The summed E-state index contributed by atoms with van der Waals surface area (Å²) in [7, 11) is 1.57. The summed E-state index contributed by atoms with van der Waals surface area (Å²) in [5.74, 6) is 0.294. The summed E-state index contributed by atoms with van der Waals surface area (Å²) in [5.41, 5.74) is 1.75. The van der Waals surface area contributed by atoms with Gasteiger partial charge in [-0.2, -0.15) is 0 Å². The largest absolute Gasteiger partial charge is 0.494 e. The van der Waals surface area contributed by atoms with Gasteiger partial charge in [0.1, 0.15) is 11.4 Å². The fourth-order valence-electron chi connectivity index (χ4n) is 3.73. The van der Waals surface area contributed by atoms with E-state index in [9.17, 15) is 9.59 Å². The Hall–Kier alpha value is -2.38. The number of imide groups is 1. The maximum absolute atomic E-state index is 13.2. The van der Waals surface area contributed by atoms with Gasteiger partial charge < -0.3 is 19.3 Å². The smallest absolute Gasteiger partial charge is 0.277 e. The van der Waals surface area contributed by atoms with Gasteiger partial charge in [0, 0.05) is 33.3 Å². The van der Waals surface area contributed by atoms with Crippen LogP contribution in [-0.4, -0.2) is 86.1 Å². The number of hydrogen-bond acceptors (Lipinski definition) is 6. The number of carbonyl (C=O) groups is 2. The van der Waals surface area contributed by atoms with Crippen molar-refractivity contribution in [2.75, 3.05) is 59.6 Å². The van der Waals surface area contributed by atoms with Gasteiger partial charge in [-0.15, -0.1) is 0 Å². The first-order valence-electron chi connectivity index (χ1n) is 10.4. The van der Waals surface area contributed by atoms with Crippen LogP contribution in [0.4, 0.5) is 0 Å². The van der Waals surface area contributed by atoms with Crippen LogP contribution in [0.1, 0.15) is 25.8 Å². The summed E-state index contributed by atoms with van der Waals surface area (Å²) in [6.07, 6.45) is 0.933. The van der Waals surface area contributed by atoms with Gasteiger partial charge in [-0.3, -0.25) is 14.5 Å². The lowest BCUT2D eigenvalue weighted by molar-refractivity contribution is -0.138. The lowest BCUT2D eigenvalue weighted by Crippen LogP contribution is -2.47. The standard InChI is InChI=1S/C22H31N3O4/c1-4-15-29-18-8-6-17(7-9-18)19-20(24-12-10-23(5-2)11-13-24)22(27)25(21(19)26)14-16-28-3/h6-9H,4-5,10-16H2,1-3H3. The molecule has 2 amide bonds. The van der Waals surface area contributed by atoms with Gasteiger partial charge in [-0.05, 0) is 30.7 Å². The van der Waals surface area contributed by atoms with E-state index in [1.165, 1.54) is 4.90 Å². The molecule has 29 heavy (non-hydrogen) atoms. The van der Waals surface area contributed by atoms with Gasteiger partial charge in [0.15, 0.2) is 0 Å². The Morgan fingerprint density at radius 2 is 1.62 bits per heavy atom. The molecule has 2 aliphatic rings. The molecule has 0 bridgehead atoms. The average Bonchev–Trinajstić information content (AvgIpc) is 3.01. The van der Waals surface area contributed by atoms with Gasteiger partial charge in [-0.1, -0.05) is 26.0 Å². The van der Waals surface area contributed by atoms with Crippen molar-refractivity contribution in [2.45, 2.75) is 20.3 Å². The van der Waals surface area contributed by atoms with E-state index in [0.29, 0.717) is 24.5 Å². The molecule has 0 aliphatic carbocycles. The van der Waals surface area contributed by atoms with Crippen LogP contribution in [0.2, 0.25) is 0 Å². The van der Waals surface area contributed by atoms with E-state index < -0.39 is 0 Å². The van der Waals surface area contributed by atoms with E-state index >= 15 is 0 Å². The fourth-order valence-corrected chi connectivity index (χ4v) is 3.73. The highest BCUT2D eigenvalue weighted by molar-refractivity contribution is 6.35. The summed E-state index contributed by atoms with van der Waals surface area (Å²) in [6, 6.07) is 7.46. The van der Waals surface area contributed by atoms with Crippen LogP contribution in [-0.2, 0) is 14.3 Å². The number of rotatable bonds is 9.